The number of benzene rings is 1. The molecule has 2 atom stereocenters. The summed E-state index contributed by atoms with van der Waals surface area (Å²) in [5.41, 5.74) is 3.59. The molecule has 1 heterocycles. The standard InChI is InChI=1S/C17H13N3O2/c1-19-15-13-11(14(15)16(21)20(2)17(19)22)6-5-10-4-3-9(8-18)7-12(10)13/h3-7,11,13H,1-2H3. The van der Waals surface area contributed by atoms with Crippen molar-refractivity contribution in [3.8, 4) is 6.07 Å². The van der Waals surface area contributed by atoms with Crippen LogP contribution in [-0.2, 0) is 14.1 Å². The molecule has 0 aliphatic heterocycles. The number of allylic oxidation sites excluding steroid dienone is 1. The van der Waals surface area contributed by atoms with E-state index in [2.05, 4.69) is 6.07 Å². The van der Waals surface area contributed by atoms with E-state index in [-0.39, 0.29) is 23.1 Å². The van der Waals surface area contributed by atoms with Gasteiger partial charge in [0, 0.05) is 37.2 Å². The highest BCUT2D eigenvalue weighted by molar-refractivity contribution is 5.68. The fourth-order valence-electron chi connectivity index (χ4n) is 3.64. The minimum absolute atomic E-state index is 0.0121. The summed E-state index contributed by atoms with van der Waals surface area (Å²) in [6.45, 7) is 0. The van der Waals surface area contributed by atoms with Crippen LogP contribution in [0, 0.1) is 11.3 Å². The van der Waals surface area contributed by atoms with Crippen LogP contribution in [0.2, 0.25) is 0 Å². The van der Waals surface area contributed by atoms with Gasteiger partial charge in [-0.3, -0.25) is 13.9 Å². The fraction of sp³-hybridized carbons (Fsp3) is 0.235. The smallest absolute Gasteiger partial charge is 0.300 e. The number of nitrogens with zero attached hydrogens (tertiary/aromatic N) is 3. The number of hydrogen-bond donors (Lipinski definition) is 0. The van der Waals surface area contributed by atoms with Gasteiger partial charge >= 0.3 is 5.69 Å². The van der Waals surface area contributed by atoms with Crippen molar-refractivity contribution in [3.05, 3.63) is 73.1 Å². The highest BCUT2D eigenvalue weighted by Gasteiger charge is 2.44. The van der Waals surface area contributed by atoms with Crippen LogP contribution < -0.4 is 11.2 Å². The lowest BCUT2D eigenvalue weighted by Gasteiger charge is -2.41. The van der Waals surface area contributed by atoms with Crippen molar-refractivity contribution in [1.29, 1.82) is 5.26 Å². The highest BCUT2D eigenvalue weighted by Crippen LogP contribution is 2.52. The lowest BCUT2D eigenvalue weighted by molar-refractivity contribution is 0.500. The van der Waals surface area contributed by atoms with Crippen LogP contribution in [0.25, 0.3) is 6.08 Å². The van der Waals surface area contributed by atoms with Crippen LogP contribution in [0.15, 0.2) is 33.9 Å². The largest absolute Gasteiger partial charge is 0.330 e. The van der Waals surface area contributed by atoms with Gasteiger partial charge in [-0.25, -0.2) is 4.79 Å². The monoisotopic (exact) mass is 291 g/mol. The first-order chi connectivity index (χ1) is 10.5. The van der Waals surface area contributed by atoms with Crippen molar-refractivity contribution in [1.82, 2.24) is 9.13 Å². The molecule has 0 saturated heterocycles. The summed E-state index contributed by atoms with van der Waals surface area (Å²) >= 11 is 0. The van der Waals surface area contributed by atoms with Crippen molar-refractivity contribution in [2.45, 2.75) is 11.8 Å². The van der Waals surface area contributed by atoms with Crippen LogP contribution in [0.3, 0.4) is 0 Å². The summed E-state index contributed by atoms with van der Waals surface area (Å²) < 4.78 is 2.71. The van der Waals surface area contributed by atoms with E-state index in [0.29, 0.717) is 11.1 Å². The van der Waals surface area contributed by atoms with Gasteiger partial charge in [-0.1, -0.05) is 18.2 Å². The first-order valence-corrected chi connectivity index (χ1v) is 7.06. The van der Waals surface area contributed by atoms with Crippen LogP contribution in [-0.4, -0.2) is 9.13 Å². The molecule has 2 aromatic rings. The van der Waals surface area contributed by atoms with E-state index in [0.717, 1.165) is 21.4 Å². The normalized spacial score (nSPS) is 20.4. The van der Waals surface area contributed by atoms with Crippen molar-refractivity contribution in [2.75, 3.05) is 0 Å². The highest BCUT2D eigenvalue weighted by atomic mass is 16.2. The Kier molecular flexibility index (Phi) is 2.38. The molecule has 0 N–H and O–H groups in total. The van der Waals surface area contributed by atoms with Gasteiger partial charge in [-0.15, -0.1) is 0 Å². The quantitative estimate of drug-likeness (QED) is 0.732. The Morgan fingerprint density at radius 3 is 2.68 bits per heavy atom. The third kappa shape index (κ3) is 1.37. The lowest BCUT2D eigenvalue weighted by Crippen LogP contribution is -2.48. The van der Waals surface area contributed by atoms with Gasteiger partial charge in [0.25, 0.3) is 5.56 Å². The van der Waals surface area contributed by atoms with E-state index in [1.165, 1.54) is 7.05 Å². The summed E-state index contributed by atoms with van der Waals surface area (Å²) in [5, 5.41) is 9.11. The molecule has 2 aliphatic rings. The first-order valence-electron chi connectivity index (χ1n) is 7.06. The lowest BCUT2D eigenvalue weighted by atomic mass is 9.64. The average molecular weight is 291 g/mol. The maximum atomic E-state index is 12.4. The molecule has 0 fully saturated rings. The molecule has 1 aromatic heterocycles. The third-order valence-electron chi connectivity index (χ3n) is 4.77. The topological polar surface area (TPSA) is 67.8 Å². The van der Waals surface area contributed by atoms with Gasteiger partial charge in [-0.05, 0) is 23.3 Å². The molecule has 1 aromatic carbocycles. The van der Waals surface area contributed by atoms with E-state index >= 15 is 0 Å². The van der Waals surface area contributed by atoms with Crippen LogP contribution in [0.4, 0.5) is 0 Å². The second-order valence-electron chi connectivity index (χ2n) is 5.82. The van der Waals surface area contributed by atoms with E-state index < -0.39 is 0 Å². The molecule has 108 valence electrons. The molecule has 0 radical (unpaired) electrons. The summed E-state index contributed by atoms with van der Waals surface area (Å²) in [7, 11) is 3.20. The van der Waals surface area contributed by atoms with E-state index in [4.69, 9.17) is 5.26 Å². The number of aromatic nitrogens is 2. The summed E-state index contributed by atoms with van der Waals surface area (Å²) in [6, 6.07) is 7.71. The van der Waals surface area contributed by atoms with Crippen LogP contribution in [0.1, 0.15) is 39.8 Å². The zero-order chi connectivity index (χ0) is 15.6. The molecule has 5 heteroatoms. The van der Waals surface area contributed by atoms with Gasteiger partial charge in [0.15, 0.2) is 0 Å². The minimum atomic E-state index is -0.310. The second-order valence-corrected chi connectivity index (χ2v) is 5.82. The Bertz CT molecular complexity index is 1020. The van der Waals surface area contributed by atoms with Crippen molar-refractivity contribution in [3.63, 3.8) is 0 Å². The van der Waals surface area contributed by atoms with E-state index in [1.807, 2.05) is 24.3 Å². The summed E-state index contributed by atoms with van der Waals surface area (Å²) in [6.07, 6.45) is 4.01. The zero-order valence-electron chi connectivity index (χ0n) is 12.2. The molecule has 0 bridgehead atoms. The Balaban J connectivity index is 2.04. The average Bonchev–Trinajstić information content (AvgIpc) is 2.51. The van der Waals surface area contributed by atoms with Crippen molar-refractivity contribution >= 4 is 6.08 Å². The van der Waals surface area contributed by atoms with Crippen molar-refractivity contribution in [2.24, 2.45) is 14.1 Å². The molecule has 5 nitrogen and oxygen atoms in total. The van der Waals surface area contributed by atoms with Gasteiger partial charge < -0.3 is 0 Å². The summed E-state index contributed by atoms with van der Waals surface area (Å²) in [4.78, 5) is 24.5. The van der Waals surface area contributed by atoms with Gasteiger partial charge in [0.1, 0.15) is 0 Å². The van der Waals surface area contributed by atoms with Gasteiger partial charge in [0.05, 0.1) is 11.6 Å². The number of fused-ring (bicyclic) bond motifs is 6. The molecular formula is C17H13N3O2. The fourth-order valence-corrected chi connectivity index (χ4v) is 3.64. The predicted octanol–water partition coefficient (Wildman–Crippen LogP) is 1.21. The predicted molar refractivity (Wildman–Crippen MR) is 81.7 cm³/mol. The summed E-state index contributed by atoms with van der Waals surface area (Å²) in [5.74, 6) is -0.0307. The molecule has 4 rings (SSSR count). The number of hydrogen-bond acceptors (Lipinski definition) is 3. The molecular weight excluding hydrogens is 278 g/mol. The van der Waals surface area contributed by atoms with E-state index in [9.17, 15) is 9.59 Å². The van der Waals surface area contributed by atoms with Crippen molar-refractivity contribution < 1.29 is 0 Å². The number of rotatable bonds is 0. The maximum Gasteiger partial charge on any atom is 0.330 e. The molecule has 0 saturated carbocycles. The molecule has 22 heavy (non-hydrogen) atoms. The van der Waals surface area contributed by atoms with Gasteiger partial charge in [-0.2, -0.15) is 5.26 Å². The zero-order valence-corrected chi connectivity index (χ0v) is 12.2. The first kappa shape index (κ1) is 12.8. The number of nitriles is 1. The Labute approximate surface area is 126 Å². The molecule has 2 unspecified atom stereocenters. The molecule has 2 aliphatic carbocycles. The van der Waals surface area contributed by atoms with Gasteiger partial charge in [0.2, 0.25) is 0 Å². The Hall–Kier alpha value is -2.87. The Morgan fingerprint density at radius 1 is 1.18 bits per heavy atom. The Morgan fingerprint density at radius 2 is 1.95 bits per heavy atom. The van der Waals surface area contributed by atoms with E-state index in [1.54, 1.807) is 17.7 Å². The SMILES string of the molecule is Cn1c2c(c(=O)n(C)c1=O)C1C=Cc3ccc(C#N)cc3C21. The minimum Gasteiger partial charge on any atom is -0.300 e. The van der Waals surface area contributed by atoms with Crippen LogP contribution in [0.5, 0.6) is 0 Å². The second kappa shape index (κ2) is 4.08. The van der Waals surface area contributed by atoms with Crippen LogP contribution >= 0.6 is 0 Å². The maximum absolute atomic E-state index is 12.4. The molecule has 0 amide bonds. The third-order valence-corrected chi connectivity index (χ3v) is 4.77. The molecule has 0 spiro atoms.